The summed E-state index contributed by atoms with van der Waals surface area (Å²) < 4.78 is 37.1. The Bertz CT molecular complexity index is 1070. The lowest BCUT2D eigenvalue weighted by atomic mass is 10.1. The molecule has 2 heterocycles. The van der Waals surface area contributed by atoms with E-state index in [2.05, 4.69) is 4.98 Å². The van der Waals surface area contributed by atoms with Gasteiger partial charge < -0.3 is 18.9 Å². The van der Waals surface area contributed by atoms with Crippen LogP contribution in [0.3, 0.4) is 0 Å². The van der Waals surface area contributed by atoms with Crippen LogP contribution in [0.1, 0.15) is 6.92 Å². The third-order valence-corrected chi connectivity index (χ3v) is 4.09. The van der Waals surface area contributed by atoms with Crippen LogP contribution in [0.15, 0.2) is 36.5 Å². The van der Waals surface area contributed by atoms with Crippen molar-refractivity contribution in [3.63, 3.8) is 0 Å². The number of hydrogen-bond donors (Lipinski definition) is 0. The Morgan fingerprint density at radius 3 is 2.64 bits per heavy atom. The third-order valence-electron chi connectivity index (χ3n) is 4.09. The first-order valence-electron chi connectivity index (χ1n) is 8.54. The van der Waals surface area contributed by atoms with Gasteiger partial charge in [0.1, 0.15) is 19.0 Å². The van der Waals surface area contributed by atoms with Crippen LogP contribution in [-0.4, -0.2) is 29.7 Å². The second kappa shape index (κ2) is 7.18. The molecule has 144 valence electrons. The molecule has 0 radical (unpaired) electrons. The second-order valence-corrected chi connectivity index (χ2v) is 5.84. The highest BCUT2D eigenvalue weighted by atomic mass is 19.1. The highest BCUT2D eigenvalue weighted by Gasteiger charge is 2.25. The standard InChI is InChI=1S/C19H15FN2O6/c1-2-25-16-10-13-17(19-18(16)26-7-8-27-19)15(5-6-21-13)28-14-4-3-11(22(23)24)9-12(14)20/h3-6,9-10H,2,7-8H2,1H3. The van der Waals surface area contributed by atoms with Gasteiger partial charge >= 0.3 is 0 Å². The normalized spacial score (nSPS) is 12.6. The van der Waals surface area contributed by atoms with Gasteiger partial charge in [-0.05, 0) is 19.1 Å². The summed E-state index contributed by atoms with van der Waals surface area (Å²) >= 11 is 0. The van der Waals surface area contributed by atoms with Crippen molar-refractivity contribution in [2.45, 2.75) is 6.92 Å². The van der Waals surface area contributed by atoms with E-state index in [0.717, 1.165) is 6.07 Å². The highest BCUT2D eigenvalue weighted by Crippen LogP contribution is 2.48. The number of aromatic nitrogens is 1. The minimum Gasteiger partial charge on any atom is -0.490 e. The Kier molecular flexibility index (Phi) is 4.56. The summed E-state index contributed by atoms with van der Waals surface area (Å²) in [4.78, 5) is 14.4. The van der Waals surface area contributed by atoms with Crippen LogP contribution < -0.4 is 18.9 Å². The molecule has 0 spiro atoms. The fourth-order valence-electron chi connectivity index (χ4n) is 2.93. The average Bonchev–Trinajstić information content (AvgIpc) is 2.69. The number of fused-ring (bicyclic) bond motifs is 3. The number of ether oxygens (including phenoxy) is 4. The van der Waals surface area contributed by atoms with E-state index in [4.69, 9.17) is 18.9 Å². The lowest BCUT2D eigenvalue weighted by Crippen LogP contribution is -2.16. The fourth-order valence-corrected chi connectivity index (χ4v) is 2.93. The van der Waals surface area contributed by atoms with Crippen LogP contribution >= 0.6 is 0 Å². The molecule has 1 aliphatic heterocycles. The SMILES string of the molecule is CCOc1cc2nccc(Oc3ccc([N+](=O)[O-])cc3F)c2c2c1OCCO2. The Hall–Kier alpha value is -3.62. The fraction of sp³-hybridized carbons (Fsp3) is 0.211. The molecular weight excluding hydrogens is 371 g/mol. The second-order valence-electron chi connectivity index (χ2n) is 5.84. The molecule has 8 nitrogen and oxygen atoms in total. The molecule has 0 N–H and O–H groups in total. The monoisotopic (exact) mass is 386 g/mol. The van der Waals surface area contributed by atoms with Crippen LogP contribution in [0.5, 0.6) is 28.7 Å². The Labute approximate surface area is 158 Å². The number of non-ortho nitro benzene ring substituents is 1. The zero-order valence-electron chi connectivity index (χ0n) is 14.8. The maximum absolute atomic E-state index is 14.3. The maximum Gasteiger partial charge on any atom is 0.272 e. The Morgan fingerprint density at radius 2 is 1.93 bits per heavy atom. The van der Waals surface area contributed by atoms with Gasteiger partial charge in [-0.15, -0.1) is 0 Å². The molecule has 1 aliphatic rings. The largest absolute Gasteiger partial charge is 0.490 e. The molecule has 9 heteroatoms. The summed E-state index contributed by atoms with van der Waals surface area (Å²) in [5.41, 5.74) is 0.160. The number of halogens is 1. The average molecular weight is 386 g/mol. The van der Waals surface area contributed by atoms with E-state index >= 15 is 0 Å². The van der Waals surface area contributed by atoms with Gasteiger partial charge in [0.15, 0.2) is 23.1 Å². The molecule has 3 aromatic rings. The van der Waals surface area contributed by atoms with Gasteiger partial charge in [-0.2, -0.15) is 0 Å². The third kappa shape index (κ3) is 3.11. The van der Waals surface area contributed by atoms with Crippen LogP contribution in [0.25, 0.3) is 10.9 Å². The summed E-state index contributed by atoms with van der Waals surface area (Å²) in [6, 6.07) is 6.44. The van der Waals surface area contributed by atoms with Crippen molar-refractivity contribution in [2.24, 2.45) is 0 Å². The number of nitrogens with zero attached hydrogens (tertiary/aromatic N) is 2. The van der Waals surface area contributed by atoms with Crippen molar-refractivity contribution in [2.75, 3.05) is 19.8 Å². The first-order chi connectivity index (χ1) is 13.6. The van der Waals surface area contributed by atoms with E-state index in [9.17, 15) is 14.5 Å². The van der Waals surface area contributed by atoms with Gasteiger partial charge in [0.2, 0.25) is 5.75 Å². The molecule has 0 unspecified atom stereocenters. The van der Waals surface area contributed by atoms with Crippen molar-refractivity contribution in [3.05, 3.63) is 52.5 Å². The number of pyridine rings is 1. The zero-order chi connectivity index (χ0) is 19.7. The molecular formula is C19H15FN2O6. The van der Waals surface area contributed by atoms with Crippen LogP contribution in [0.2, 0.25) is 0 Å². The van der Waals surface area contributed by atoms with E-state index in [1.165, 1.54) is 18.3 Å². The van der Waals surface area contributed by atoms with Crippen LogP contribution in [0.4, 0.5) is 10.1 Å². The van der Waals surface area contributed by atoms with Crippen molar-refractivity contribution in [1.82, 2.24) is 4.98 Å². The Balaban J connectivity index is 1.83. The molecule has 0 bridgehead atoms. The van der Waals surface area contributed by atoms with Crippen molar-refractivity contribution < 1.29 is 28.3 Å². The summed E-state index contributed by atoms with van der Waals surface area (Å²) in [6.45, 7) is 2.99. The summed E-state index contributed by atoms with van der Waals surface area (Å²) in [5.74, 6) is 0.604. The molecule has 0 fully saturated rings. The molecule has 0 amide bonds. The van der Waals surface area contributed by atoms with Gasteiger partial charge in [-0.3, -0.25) is 15.1 Å². The maximum atomic E-state index is 14.3. The van der Waals surface area contributed by atoms with Crippen molar-refractivity contribution in [3.8, 4) is 28.7 Å². The molecule has 0 saturated heterocycles. The minimum absolute atomic E-state index is 0.155. The molecule has 2 aromatic carbocycles. The van der Waals surface area contributed by atoms with Gasteiger partial charge in [-0.1, -0.05) is 0 Å². The highest BCUT2D eigenvalue weighted by molar-refractivity contribution is 5.95. The van der Waals surface area contributed by atoms with E-state index < -0.39 is 10.7 Å². The minimum atomic E-state index is -0.851. The summed E-state index contributed by atoms with van der Waals surface area (Å²) in [6.07, 6.45) is 1.51. The molecule has 28 heavy (non-hydrogen) atoms. The number of hydrogen-bond acceptors (Lipinski definition) is 7. The van der Waals surface area contributed by atoms with Crippen molar-refractivity contribution in [1.29, 1.82) is 0 Å². The first kappa shape index (κ1) is 17.8. The number of rotatable bonds is 5. The lowest BCUT2D eigenvalue weighted by molar-refractivity contribution is -0.385. The van der Waals surface area contributed by atoms with E-state index in [1.54, 1.807) is 12.1 Å². The van der Waals surface area contributed by atoms with Gasteiger partial charge in [0.05, 0.1) is 28.5 Å². The van der Waals surface area contributed by atoms with Gasteiger partial charge in [-0.25, -0.2) is 4.39 Å². The molecule has 0 aliphatic carbocycles. The summed E-state index contributed by atoms with van der Waals surface area (Å²) in [7, 11) is 0. The topological polar surface area (TPSA) is 93.0 Å². The molecule has 4 rings (SSSR count). The Morgan fingerprint density at radius 1 is 1.14 bits per heavy atom. The number of nitro groups is 1. The molecule has 1 aromatic heterocycles. The predicted octanol–water partition coefficient (Wildman–Crippen LogP) is 4.24. The van der Waals surface area contributed by atoms with E-state index in [-0.39, 0.29) is 17.2 Å². The lowest BCUT2D eigenvalue weighted by Gasteiger charge is -2.23. The number of benzene rings is 2. The van der Waals surface area contributed by atoms with Gasteiger partial charge in [0, 0.05) is 18.3 Å². The van der Waals surface area contributed by atoms with Crippen molar-refractivity contribution >= 4 is 16.6 Å². The first-order valence-corrected chi connectivity index (χ1v) is 8.54. The quantitative estimate of drug-likeness (QED) is 0.478. The molecule has 0 saturated carbocycles. The number of nitro benzene ring substituents is 1. The predicted molar refractivity (Wildman–Crippen MR) is 97.0 cm³/mol. The van der Waals surface area contributed by atoms with E-state index in [1.807, 2.05) is 6.92 Å². The zero-order valence-corrected chi connectivity index (χ0v) is 14.8. The van der Waals surface area contributed by atoms with Crippen LogP contribution in [0, 0.1) is 15.9 Å². The smallest absolute Gasteiger partial charge is 0.272 e. The summed E-state index contributed by atoms with van der Waals surface area (Å²) in [5, 5.41) is 11.3. The van der Waals surface area contributed by atoms with Gasteiger partial charge in [0.25, 0.3) is 5.69 Å². The molecule has 0 atom stereocenters. The van der Waals surface area contributed by atoms with E-state index in [0.29, 0.717) is 48.0 Å². The van der Waals surface area contributed by atoms with Crippen LogP contribution in [-0.2, 0) is 0 Å².